The lowest BCUT2D eigenvalue weighted by Gasteiger charge is -2.26. The number of ether oxygens (including phenoxy) is 4. The summed E-state index contributed by atoms with van der Waals surface area (Å²) < 4.78 is 21.3. The summed E-state index contributed by atoms with van der Waals surface area (Å²) in [5.41, 5.74) is 0.597. The van der Waals surface area contributed by atoms with Crippen molar-refractivity contribution in [1.82, 2.24) is 9.80 Å². The maximum Gasteiger partial charge on any atom is 0.326 e. The second-order valence-corrected chi connectivity index (χ2v) is 8.53. The van der Waals surface area contributed by atoms with Crippen LogP contribution in [-0.4, -0.2) is 86.0 Å². The maximum atomic E-state index is 12.6. The fraction of sp³-hybridized carbons (Fsp3) is 0.478. The molecule has 1 aromatic rings. The van der Waals surface area contributed by atoms with Crippen molar-refractivity contribution in [2.24, 2.45) is 0 Å². The summed E-state index contributed by atoms with van der Waals surface area (Å²) in [5.74, 6) is -0.563. The van der Waals surface area contributed by atoms with E-state index >= 15 is 0 Å². The number of amides is 3. The fourth-order valence-electron chi connectivity index (χ4n) is 3.23. The number of imide groups is 1. The second-order valence-electron chi connectivity index (χ2n) is 7.53. The predicted molar refractivity (Wildman–Crippen MR) is 124 cm³/mol. The molecule has 2 heterocycles. The normalized spacial score (nSPS) is 17.3. The molecule has 2 fully saturated rings. The van der Waals surface area contributed by atoms with E-state index in [9.17, 15) is 19.2 Å². The van der Waals surface area contributed by atoms with Crippen molar-refractivity contribution >= 4 is 40.9 Å². The van der Waals surface area contributed by atoms with Gasteiger partial charge in [0.05, 0.1) is 31.8 Å². The molecule has 2 aliphatic heterocycles. The summed E-state index contributed by atoms with van der Waals surface area (Å²) in [7, 11) is 1.47. The van der Waals surface area contributed by atoms with E-state index in [1.807, 2.05) is 6.92 Å². The second kappa shape index (κ2) is 12.4. The van der Waals surface area contributed by atoms with E-state index in [2.05, 4.69) is 0 Å². The number of thioether (sulfide) groups is 1. The van der Waals surface area contributed by atoms with Crippen molar-refractivity contribution in [1.29, 1.82) is 0 Å². The molecule has 1 aromatic carbocycles. The van der Waals surface area contributed by atoms with E-state index in [0.717, 1.165) is 29.5 Å². The van der Waals surface area contributed by atoms with Gasteiger partial charge in [0.25, 0.3) is 17.1 Å². The quantitative estimate of drug-likeness (QED) is 0.276. The number of hydrogen-bond donors (Lipinski definition) is 0. The van der Waals surface area contributed by atoms with Gasteiger partial charge in [-0.3, -0.25) is 24.1 Å². The molecule has 0 bridgehead atoms. The van der Waals surface area contributed by atoms with Gasteiger partial charge in [-0.05, 0) is 42.0 Å². The molecule has 0 aromatic heterocycles. The Morgan fingerprint density at radius 3 is 2.65 bits per heavy atom. The van der Waals surface area contributed by atoms with Gasteiger partial charge in [-0.1, -0.05) is 19.4 Å². The molecule has 10 nitrogen and oxygen atoms in total. The summed E-state index contributed by atoms with van der Waals surface area (Å²) >= 11 is 0.753. The van der Waals surface area contributed by atoms with Crippen molar-refractivity contribution in [3.05, 3.63) is 28.7 Å². The van der Waals surface area contributed by atoms with Gasteiger partial charge in [0.1, 0.15) is 6.54 Å². The Labute approximate surface area is 202 Å². The van der Waals surface area contributed by atoms with E-state index in [0.29, 0.717) is 43.4 Å². The molecule has 3 rings (SSSR count). The van der Waals surface area contributed by atoms with Gasteiger partial charge in [0.2, 0.25) is 0 Å². The fourth-order valence-corrected chi connectivity index (χ4v) is 4.07. The van der Waals surface area contributed by atoms with Crippen LogP contribution < -0.4 is 9.47 Å². The Morgan fingerprint density at radius 2 is 1.94 bits per heavy atom. The number of rotatable bonds is 10. The summed E-state index contributed by atoms with van der Waals surface area (Å²) in [4.78, 5) is 51.8. The molecule has 184 valence electrons. The maximum absolute atomic E-state index is 12.6. The predicted octanol–water partition coefficient (Wildman–Crippen LogP) is 2.31. The number of esters is 1. The molecule has 0 aliphatic carbocycles. The highest BCUT2D eigenvalue weighted by Gasteiger charge is 2.36. The van der Waals surface area contributed by atoms with E-state index in [1.165, 1.54) is 7.11 Å². The van der Waals surface area contributed by atoms with Gasteiger partial charge in [-0.25, -0.2) is 0 Å². The molecule has 34 heavy (non-hydrogen) atoms. The van der Waals surface area contributed by atoms with Crippen LogP contribution in [0.3, 0.4) is 0 Å². The molecule has 3 amide bonds. The number of unbranched alkanes of at least 4 members (excludes halogenated alkanes) is 1. The molecule has 0 spiro atoms. The molecular formula is C23H28N2O8S. The number of benzene rings is 1. The third-order valence-corrected chi connectivity index (χ3v) is 6.03. The Hall–Kier alpha value is -3.05. The molecule has 11 heteroatoms. The molecule has 0 atom stereocenters. The first kappa shape index (κ1) is 25.6. The zero-order chi connectivity index (χ0) is 24.5. The highest BCUT2D eigenvalue weighted by molar-refractivity contribution is 8.18. The minimum absolute atomic E-state index is 0.136. The zero-order valence-electron chi connectivity index (χ0n) is 19.2. The number of carbonyl (C=O) groups excluding carboxylic acids is 4. The summed E-state index contributed by atoms with van der Waals surface area (Å²) in [6, 6.07) is 4.96. The van der Waals surface area contributed by atoms with Crippen molar-refractivity contribution in [2.45, 2.75) is 19.8 Å². The van der Waals surface area contributed by atoms with Crippen LogP contribution in [0.2, 0.25) is 0 Å². The Morgan fingerprint density at radius 1 is 1.18 bits per heavy atom. The van der Waals surface area contributed by atoms with Gasteiger partial charge in [-0.2, -0.15) is 0 Å². The lowest BCUT2D eigenvalue weighted by atomic mass is 10.2. The topological polar surface area (TPSA) is 112 Å². The van der Waals surface area contributed by atoms with Crippen LogP contribution in [0.25, 0.3) is 6.08 Å². The van der Waals surface area contributed by atoms with E-state index in [-0.39, 0.29) is 24.0 Å². The van der Waals surface area contributed by atoms with E-state index < -0.39 is 23.7 Å². The minimum Gasteiger partial charge on any atom is -0.493 e. The highest BCUT2D eigenvalue weighted by atomic mass is 32.2. The SMILES string of the molecule is CCCCOC(=O)CN1C(=O)S/C(=C\c2ccc(OCC(=O)N3CCOCC3)c(OC)c2)C1=O. The third kappa shape index (κ3) is 6.73. The van der Waals surface area contributed by atoms with Gasteiger partial charge < -0.3 is 23.8 Å². The molecular weight excluding hydrogens is 464 g/mol. The van der Waals surface area contributed by atoms with Crippen LogP contribution in [-0.2, 0) is 23.9 Å². The van der Waals surface area contributed by atoms with Crippen LogP contribution in [0.4, 0.5) is 4.79 Å². The first-order valence-electron chi connectivity index (χ1n) is 11.0. The lowest BCUT2D eigenvalue weighted by molar-refractivity contribution is -0.146. The summed E-state index contributed by atoms with van der Waals surface area (Å²) in [6.45, 7) is 3.75. The lowest BCUT2D eigenvalue weighted by Crippen LogP contribution is -2.43. The number of methoxy groups -OCH3 is 1. The standard InChI is InChI=1S/C23H28N2O8S/c1-3-4-9-32-21(27)14-25-22(28)19(34-23(25)29)13-16-5-6-17(18(12-16)30-2)33-15-20(26)24-7-10-31-11-8-24/h5-6,12-13H,3-4,7-11,14-15H2,1-2H3/b19-13-. The molecule has 0 unspecified atom stereocenters. The highest BCUT2D eigenvalue weighted by Crippen LogP contribution is 2.34. The largest absolute Gasteiger partial charge is 0.493 e. The Balaban J connectivity index is 1.62. The minimum atomic E-state index is -0.619. The van der Waals surface area contributed by atoms with Gasteiger partial charge in [-0.15, -0.1) is 0 Å². The number of morpholine rings is 1. The van der Waals surface area contributed by atoms with Gasteiger partial charge in [0, 0.05) is 13.1 Å². The van der Waals surface area contributed by atoms with Gasteiger partial charge >= 0.3 is 5.97 Å². The molecule has 0 radical (unpaired) electrons. The average Bonchev–Trinajstić information content (AvgIpc) is 3.10. The molecule has 2 saturated heterocycles. The molecule has 0 N–H and O–H groups in total. The van der Waals surface area contributed by atoms with Crippen LogP contribution >= 0.6 is 11.8 Å². The zero-order valence-corrected chi connectivity index (χ0v) is 20.1. The first-order chi connectivity index (χ1) is 16.4. The molecule has 0 saturated carbocycles. The van der Waals surface area contributed by atoms with E-state index in [1.54, 1.807) is 29.2 Å². The number of hydrogen-bond acceptors (Lipinski definition) is 9. The van der Waals surface area contributed by atoms with Gasteiger partial charge in [0.15, 0.2) is 18.1 Å². The number of carbonyl (C=O) groups is 4. The monoisotopic (exact) mass is 492 g/mol. The summed E-state index contributed by atoms with van der Waals surface area (Å²) in [5, 5.41) is -0.530. The van der Waals surface area contributed by atoms with Crippen LogP contribution in [0.15, 0.2) is 23.1 Å². The molecule has 2 aliphatic rings. The smallest absolute Gasteiger partial charge is 0.326 e. The number of nitrogens with zero attached hydrogens (tertiary/aromatic N) is 2. The first-order valence-corrected chi connectivity index (χ1v) is 11.8. The van der Waals surface area contributed by atoms with Crippen molar-refractivity contribution in [3.8, 4) is 11.5 Å². The third-order valence-electron chi connectivity index (χ3n) is 5.12. The van der Waals surface area contributed by atoms with E-state index in [4.69, 9.17) is 18.9 Å². The Bertz CT molecular complexity index is 958. The van der Waals surface area contributed by atoms with Crippen LogP contribution in [0, 0.1) is 0 Å². The van der Waals surface area contributed by atoms with Crippen molar-refractivity contribution < 1.29 is 38.1 Å². The Kier molecular flexibility index (Phi) is 9.34. The average molecular weight is 493 g/mol. The summed E-state index contributed by atoms with van der Waals surface area (Å²) in [6.07, 6.45) is 3.13. The van der Waals surface area contributed by atoms with Crippen molar-refractivity contribution in [3.63, 3.8) is 0 Å². The van der Waals surface area contributed by atoms with Crippen molar-refractivity contribution in [2.75, 3.05) is 53.2 Å². The van der Waals surface area contributed by atoms with Crippen LogP contribution in [0.5, 0.6) is 11.5 Å². The van der Waals surface area contributed by atoms with Crippen LogP contribution in [0.1, 0.15) is 25.3 Å².